The van der Waals surface area contributed by atoms with E-state index < -0.39 is 0 Å². The first-order valence-corrected chi connectivity index (χ1v) is 15.1. The SMILES string of the molecule is CCCCN(c1ccccc1)c1ccc(C(=C2C=CC(=[N+](CCCC)c3ccccc3)C=C2)c2ccccc2)cc1. The van der Waals surface area contributed by atoms with E-state index in [4.69, 9.17) is 0 Å². The molecule has 0 saturated carbocycles. The molecule has 0 spiro atoms. The molecule has 0 atom stereocenters. The van der Waals surface area contributed by atoms with E-state index in [9.17, 15) is 0 Å². The van der Waals surface area contributed by atoms with Crippen molar-refractivity contribution in [2.45, 2.75) is 39.5 Å². The Labute approximate surface area is 246 Å². The van der Waals surface area contributed by atoms with E-state index in [0.717, 1.165) is 25.9 Å². The van der Waals surface area contributed by atoms with Crippen LogP contribution in [-0.2, 0) is 0 Å². The smallest absolute Gasteiger partial charge is 0.205 e. The first-order chi connectivity index (χ1) is 20.3. The fourth-order valence-electron chi connectivity index (χ4n) is 5.38. The lowest BCUT2D eigenvalue weighted by molar-refractivity contribution is -0.439. The number of allylic oxidation sites excluding steroid dienone is 5. The highest BCUT2D eigenvalue weighted by molar-refractivity contribution is 6.04. The quantitative estimate of drug-likeness (QED) is 0.173. The van der Waals surface area contributed by atoms with Gasteiger partial charge in [-0.2, -0.15) is 4.58 Å². The average molecular weight is 538 g/mol. The van der Waals surface area contributed by atoms with Gasteiger partial charge in [0.1, 0.15) is 6.54 Å². The van der Waals surface area contributed by atoms with Crippen molar-refractivity contribution in [2.24, 2.45) is 0 Å². The Morgan fingerprint density at radius 1 is 0.561 bits per heavy atom. The van der Waals surface area contributed by atoms with Gasteiger partial charge in [0.2, 0.25) is 11.4 Å². The number of hydrogen-bond donors (Lipinski definition) is 0. The Morgan fingerprint density at radius 3 is 1.71 bits per heavy atom. The van der Waals surface area contributed by atoms with Crippen LogP contribution >= 0.6 is 0 Å². The molecule has 0 aromatic heterocycles. The maximum Gasteiger partial charge on any atom is 0.205 e. The third-order valence-corrected chi connectivity index (χ3v) is 7.60. The number of nitrogens with zero attached hydrogens (tertiary/aromatic N) is 2. The molecule has 0 radical (unpaired) electrons. The molecule has 206 valence electrons. The lowest BCUT2D eigenvalue weighted by Gasteiger charge is -2.25. The summed E-state index contributed by atoms with van der Waals surface area (Å²) in [5.74, 6) is 0. The normalized spacial score (nSPS) is 12.4. The molecule has 41 heavy (non-hydrogen) atoms. The second-order valence-electron chi connectivity index (χ2n) is 10.5. The van der Waals surface area contributed by atoms with Crippen LogP contribution in [0.25, 0.3) is 5.57 Å². The molecule has 1 aliphatic rings. The molecule has 0 heterocycles. The molecule has 4 aromatic rings. The second-order valence-corrected chi connectivity index (χ2v) is 10.5. The third kappa shape index (κ3) is 7.02. The van der Waals surface area contributed by atoms with E-state index in [2.05, 4.69) is 163 Å². The summed E-state index contributed by atoms with van der Waals surface area (Å²) < 4.78 is 2.43. The zero-order chi connectivity index (χ0) is 28.3. The summed E-state index contributed by atoms with van der Waals surface area (Å²) in [6.45, 7) is 6.52. The van der Waals surface area contributed by atoms with E-state index in [1.807, 2.05) is 0 Å². The molecule has 0 bridgehead atoms. The molecular weight excluding hydrogens is 496 g/mol. The van der Waals surface area contributed by atoms with Crippen LogP contribution in [0.3, 0.4) is 0 Å². The van der Waals surface area contributed by atoms with Crippen LogP contribution < -0.4 is 4.90 Å². The molecule has 2 heteroatoms. The van der Waals surface area contributed by atoms with Gasteiger partial charge in [-0.15, -0.1) is 0 Å². The lowest BCUT2D eigenvalue weighted by atomic mass is 9.90. The highest BCUT2D eigenvalue weighted by Gasteiger charge is 2.18. The Kier molecular flexibility index (Phi) is 9.79. The summed E-state index contributed by atoms with van der Waals surface area (Å²) in [5.41, 5.74) is 9.86. The van der Waals surface area contributed by atoms with Crippen molar-refractivity contribution in [1.82, 2.24) is 0 Å². The number of rotatable bonds is 11. The summed E-state index contributed by atoms with van der Waals surface area (Å²) in [4.78, 5) is 2.43. The largest absolute Gasteiger partial charge is 0.341 e. The first-order valence-electron chi connectivity index (χ1n) is 15.1. The molecule has 0 fully saturated rings. The monoisotopic (exact) mass is 537 g/mol. The maximum atomic E-state index is 2.43. The number of unbranched alkanes of at least 4 members (excludes halogenated alkanes) is 2. The number of para-hydroxylation sites is 2. The first kappa shape index (κ1) is 28.1. The van der Waals surface area contributed by atoms with Crippen LogP contribution in [0.4, 0.5) is 17.1 Å². The number of benzene rings is 4. The van der Waals surface area contributed by atoms with Crippen LogP contribution in [0.2, 0.25) is 0 Å². The Bertz CT molecular complexity index is 1490. The zero-order valence-corrected chi connectivity index (χ0v) is 24.4. The molecule has 0 unspecified atom stereocenters. The van der Waals surface area contributed by atoms with E-state index in [1.54, 1.807) is 0 Å². The predicted octanol–water partition coefficient (Wildman–Crippen LogP) is 10.1. The van der Waals surface area contributed by atoms with E-state index >= 15 is 0 Å². The predicted molar refractivity (Wildman–Crippen MR) is 177 cm³/mol. The molecule has 0 saturated heterocycles. The zero-order valence-electron chi connectivity index (χ0n) is 24.4. The number of anilines is 2. The average Bonchev–Trinajstić information content (AvgIpc) is 3.04. The molecular formula is C39H41N2+. The topological polar surface area (TPSA) is 6.25 Å². The van der Waals surface area contributed by atoms with Gasteiger partial charge >= 0.3 is 0 Å². The van der Waals surface area contributed by atoms with Gasteiger partial charge in [-0.05, 0) is 65.1 Å². The summed E-state index contributed by atoms with van der Waals surface area (Å²) in [6.07, 6.45) is 13.8. The van der Waals surface area contributed by atoms with Crippen LogP contribution in [0.1, 0.15) is 50.7 Å². The molecule has 1 aliphatic carbocycles. The lowest BCUT2D eigenvalue weighted by Crippen LogP contribution is -2.18. The summed E-state index contributed by atoms with van der Waals surface area (Å²) in [6, 6.07) is 41.3. The molecule has 4 aromatic carbocycles. The van der Waals surface area contributed by atoms with Gasteiger partial charge in [-0.1, -0.05) is 106 Å². The van der Waals surface area contributed by atoms with E-state index in [1.165, 1.54) is 57.9 Å². The van der Waals surface area contributed by atoms with Crippen molar-refractivity contribution in [2.75, 3.05) is 18.0 Å². The molecule has 5 rings (SSSR count). The van der Waals surface area contributed by atoms with Crippen molar-refractivity contribution in [3.63, 3.8) is 0 Å². The minimum absolute atomic E-state index is 1.01. The van der Waals surface area contributed by atoms with Crippen molar-refractivity contribution in [1.29, 1.82) is 0 Å². The second kappa shape index (κ2) is 14.3. The maximum absolute atomic E-state index is 2.43. The van der Waals surface area contributed by atoms with Crippen LogP contribution in [-0.4, -0.2) is 23.4 Å². The van der Waals surface area contributed by atoms with E-state index in [-0.39, 0.29) is 0 Å². The Balaban J connectivity index is 1.53. The fourth-order valence-corrected chi connectivity index (χ4v) is 5.38. The van der Waals surface area contributed by atoms with Crippen molar-refractivity contribution in [3.05, 3.63) is 156 Å². The Morgan fingerprint density at radius 2 is 1.10 bits per heavy atom. The van der Waals surface area contributed by atoms with Gasteiger partial charge in [0.15, 0.2) is 0 Å². The minimum atomic E-state index is 1.01. The van der Waals surface area contributed by atoms with Gasteiger partial charge in [-0.3, -0.25) is 0 Å². The third-order valence-electron chi connectivity index (χ3n) is 7.60. The summed E-state index contributed by atoms with van der Waals surface area (Å²) >= 11 is 0. The van der Waals surface area contributed by atoms with E-state index in [0.29, 0.717) is 0 Å². The molecule has 0 N–H and O–H groups in total. The minimum Gasteiger partial charge on any atom is -0.341 e. The highest BCUT2D eigenvalue weighted by atomic mass is 15.1. The van der Waals surface area contributed by atoms with Crippen molar-refractivity contribution in [3.8, 4) is 0 Å². The van der Waals surface area contributed by atoms with Gasteiger partial charge < -0.3 is 4.90 Å². The molecule has 0 aliphatic heterocycles. The molecule has 2 nitrogen and oxygen atoms in total. The summed E-state index contributed by atoms with van der Waals surface area (Å²) in [7, 11) is 0. The fraction of sp³-hybridized carbons (Fsp3) is 0.205. The van der Waals surface area contributed by atoms with Crippen molar-refractivity contribution >= 4 is 28.3 Å². The van der Waals surface area contributed by atoms with Crippen molar-refractivity contribution < 1.29 is 4.58 Å². The highest BCUT2D eigenvalue weighted by Crippen LogP contribution is 2.33. The van der Waals surface area contributed by atoms with Crippen LogP contribution in [0.5, 0.6) is 0 Å². The van der Waals surface area contributed by atoms with Gasteiger partial charge in [0.25, 0.3) is 0 Å². The standard InChI is InChI=1S/C39H41N2/c1-3-5-30-40(35-18-12-8-13-19-35)37-26-22-33(23-27-37)39(32-16-10-7-11-17-32)34-24-28-38(29-25-34)41(31-6-4-2)36-20-14-9-15-21-36/h7-29H,3-6,30-31H2,1-2H3/q+1. The van der Waals surface area contributed by atoms with Gasteiger partial charge in [0.05, 0.1) is 0 Å². The van der Waals surface area contributed by atoms with Crippen LogP contribution in [0, 0.1) is 0 Å². The van der Waals surface area contributed by atoms with Gasteiger partial charge in [-0.25, -0.2) is 0 Å². The number of hydrogen-bond acceptors (Lipinski definition) is 1. The van der Waals surface area contributed by atoms with Gasteiger partial charge in [0, 0.05) is 48.6 Å². The Hall–Kier alpha value is -4.43. The summed E-state index contributed by atoms with van der Waals surface area (Å²) in [5, 5.41) is 0. The van der Waals surface area contributed by atoms with Crippen LogP contribution in [0.15, 0.2) is 145 Å². The molecule has 0 amide bonds.